The number of rotatable bonds is 5. The van der Waals surface area contributed by atoms with Crippen molar-refractivity contribution in [2.24, 2.45) is 0 Å². The molecular formula is C17H22N4O6. The Morgan fingerprint density at radius 2 is 2.19 bits per heavy atom. The third-order valence-corrected chi connectivity index (χ3v) is 4.63. The smallest absolute Gasteiger partial charge is 0.305 e. The van der Waals surface area contributed by atoms with Crippen LogP contribution in [0.25, 0.3) is 5.52 Å². The lowest BCUT2D eigenvalue weighted by molar-refractivity contribution is -0.158. The first kappa shape index (κ1) is 19.1. The first-order chi connectivity index (χ1) is 12.8. The molecule has 3 rings (SSSR count). The van der Waals surface area contributed by atoms with E-state index in [-0.39, 0.29) is 18.8 Å². The standard InChI is InChI=1S/C17H22N4O6/c1-4-13(23)25-7-11-14(26-9(2)22)15(24)17(3,27-11)12-6-5-10-16(18)19-8-20-21(10)12/h5-6,8,11,14-15,24H,4,7H2,1-3H3,(H2,18,19,20)/t11-,14-,15-,17+/m1/s1. The van der Waals surface area contributed by atoms with Gasteiger partial charge in [0.1, 0.15) is 36.3 Å². The van der Waals surface area contributed by atoms with Crippen LogP contribution in [-0.4, -0.2) is 56.6 Å². The minimum atomic E-state index is -1.28. The van der Waals surface area contributed by atoms with E-state index in [1.807, 2.05) is 0 Å². The van der Waals surface area contributed by atoms with Gasteiger partial charge in [0.25, 0.3) is 0 Å². The maximum absolute atomic E-state index is 11.5. The maximum atomic E-state index is 11.5. The largest absolute Gasteiger partial charge is 0.463 e. The van der Waals surface area contributed by atoms with Crippen molar-refractivity contribution in [2.45, 2.75) is 51.1 Å². The van der Waals surface area contributed by atoms with Gasteiger partial charge in [0.2, 0.25) is 0 Å². The van der Waals surface area contributed by atoms with E-state index < -0.39 is 35.9 Å². The molecule has 0 amide bonds. The van der Waals surface area contributed by atoms with Crippen molar-refractivity contribution in [3.05, 3.63) is 24.2 Å². The SMILES string of the molecule is CCC(=O)OC[C@H]1O[C@@](C)(c2ccc3c(N)ncnn23)[C@H](O)[C@@H]1OC(C)=O. The zero-order valence-electron chi connectivity index (χ0n) is 15.3. The number of nitrogens with zero attached hydrogens (tertiary/aromatic N) is 3. The van der Waals surface area contributed by atoms with Crippen LogP contribution < -0.4 is 5.73 Å². The van der Waals surface area contributed by atoms with Crippen molar-refractivity contribution in [2.75, 3.05) is 12.3 Å². The van der Waals surface area contributed by atoms with Crippen LogP contribution in [0.15, 0.2) is 18.5 Å². The fraction of sp³-hybridized carbons (Fsp3) is 0.529. The number of anilines is 1. The van der Waals surface area contributed by atoms with E-state index in [4.69, 9.17) is 19.9 Å². The van der Waals surface area contributed by atoms with E-state index in [1.54, 1.807) is 26.0 Å². The number of esters is 2. The Morgan fingerprint density at radius 3 is 2.85 bits per heavy atom. The van der Waals surface area contributed by atoms with Crippen LogP contribution in [0.5, 0.6) is 0 Å². The fourth-order valence-corrected chi connectivity index (χ4v) is 3.25. The number of nitrogen functional groups attached to an aromatic ring is 1. The zero-order valence-corrected chi connectivity index (χ0v) is 15.3. The molecule has 146 valence electrons. The first-order valence-electron chi connectivity index (χ1n) is 8.55. The summed E-state index contributed by atoms with van der Waals surface area (Å²) in [5.74, 6) is -0.723. The third-order valence-electron chi connectivity index (χ3n) is 4.63. The first-order valence-corrected chi connectivity index (χ1v) is 8.55. The van der Waals surface area contributed by atoms with Gasteiger partial charge in [-0.15, -0.1) is 0 Å². The predicted molar refractivity (Wildman–Crippen MR) is 92.4 cm³/mol. The van der Waals surface area contributed by atoms with Gasteiger partial charge >= 0.3 is 11.9 Å². The number of aromatic nitrogens is 3. The molecule has 27 heavy (non-hydrogen) atoms. The fourth-order valence-electron chi connectivity index (χ4n) is 3.25. The molecule has 0 unspecified atom stereocenters. The molecule has 0 aliphatic carbocycles. The highest BCUT2D eigenvalue weighted by atomic mass is 16.6. The highest BCUT2D eigenvalue weighted by Gasteiger charge is 2.56. The molecule has 0 bridgehead atoms. The quantitative estimate of drug-likeness (QED) is 0.697. The molecule has 1 aliphatic heterocycles. The van der Waals surface area contributed by atoms with Crippen molar-refractivity contribution in [1.29, 1.82) is 0 Å². The van der Waals surface area contributed by atoms with E-state index in [0.717, 1.165) is 0 Å². The van der Waals surface area contributed by atoms with Gasteiger partial charge in [-0.3, -0.25) is 9.59 Å². The molecule has 0 spiro atoms. The lowest BCUT2D eigenvalue weighted by Crippen LogP contribution is -2.42. The minimum absolute atomic E-state index is 0.155. The Balaban J connectivity index is 1.97. The van der Waals surface area contributed by atoms with Crippen LogP contribution in [0.3, 0.4) is 0 Å². The van der Waals surface area contributed by atoms with Crippen molar-refractivity contribution >= 4 is 23.3 Å². The van der Waals surface area contributed by atoms with E-state index in [1.165, 1.54) is 17.8 Å². The van der Waals surface area contributed by atoms with Gasteiger partial charge in [0.15, 0.2) is 11.9 Å². The van der Waals surface area contributed by atoms with Crippen molar-refractivity contribution in [1.82, 2.24) is 14.6 Å². The monoisotopic (exact) mass is 378 g/mol. The average molecular weight is 378 g/mol. The second kappa shape index (κ2) is 7.12. The van der Waals surface area contributed by atoms with E-state index >= 15 is 0 Å². The van der Waals surface area contributed by atoms with Gasteiger partial charge in [-0.1, -0.05) is 6.92 Å². The summed E-state index contributed by atoms with van der Waals surface area (Å²) in [5.41, 5.74) is 5.63. The molecule has 4 atom stereocenters. The highest BCUT2D eigenvalue weighted by Crippen LogP contribution is 2.41. The van der Waals surface area contributed by atoms with Crippen LogP contribution in [0.2, 0.25) is 0 Å². The predicted octanol–water partition coefficient (Wildman–Crippen LogP) is 0.171. The molecule has 0 radical (unpaired) electrons. The van der Waals surface area contributed by atoms with Crippen molar-refractivity contribution < 1.29 is 28.9 Å². The average Bonchev–Trinajstić information content (AvgIpc) is 3.16. The Bertz CT molecular complexity index is 868. The summed E-state index contributed by atoms with van der Waals surface area (Å²) >= 11 is 0. The molecule has 0 saturated carbocycles. The van der Waals surface area contributed by atoms with Gasteiger partial charge in [-0.05, 0) is 19.1 Å². The number of nitrogens with two attached hydrogens (primary N) is 1. The number of ether oxygens (including phenoxy) is 3. The molecule has 1 fully saturated rings. The van der Waals surface area contributed by atoms with Gasteiger partial charge < -0.3 is 25.1 Å². The summed E-state index contributed by atoms with van der Waals surface area (Å²) in [5, 5.41) is 15.1. The Kier molecular flexibility index (Phi) is 5.03. The second-order valence-electron chi connectivity index (χ2n) is 6.48. The third kappa shape index (κ3) is 3.33. The van der Waals surface area contributed by atoms with E-state index in [0.29, 0.717) is 11.2 Å². The normalized spacial score (nSPS) is 27.6. The maximum Gasteiger partial charge on any atom is 0.305 e. The molecule has 1 saturated heterocycles. The number of hydrogen-bond acceptors (Lipinski definition) is 9. The second-order valence-corrected chi connectivity index (χ2v) is 6.48. The Labute approximate surface area is 155 Å². The summed E-state index contributed by atoms with van der Waals surface area (Å²) in [6, 6.07) is 3.41. The highest BCUT2D eigenvalue weighted by molar-refractivity contribution is 5.69. The van der Waals surface area contributed by atoms with Gasteiger partial charge in [0, 0.05) is 13.3 Å². The lowest BCUT2D eigenvalue weighted by Gasteiger charge is -2.27. The molecule has 0 aromatic carbocycles. The number of carbonyl (C=O) groups is 2. The summed E-state index contributed by atoms with van der Waals surface area (Å²) in [6.07, 6.45) is -1.58. The number of hydrogen-bond donors (Lipinski definition) is 2. The lowest BCUT2D eigenvalue weighted by atomic mass is 9.93. The van der Waals surface area contributed by atoms with Crippen molar-refractivity contribution in [3.8, 4) is 0 Å². The van der Waals surface area contributed by atoms with E-state index in [2.05, 4.69) is 10.1 Å². The van der Waals surface area contributed by atoms with Crippen LogP contribution in [0.4, 0.5) is 5.82 Å². The summed E-state index contributed by atoms with van der Waals surface area (Å²) < 4.78 is 17.9. The summed E-state index contributed by atoms with van der Waals surface area (Å²) in [6.45, 7) is 4.39. The molecule has 3 N–H and O–H groups in total. The molecule has 1 aliphatic rings. The minimum Gasteiger partial charge on any atom is -0.463 e. The van der Waals surface area contributed by atoms with Crippen LogP contribution >= 0.6 is 0 Å². The van der Waals surface area contributed by atoms with Crippen LogP contribution in [0, 0.1) is 0 Å². The van der Waals surface area contributed by atoms with E-state index in [9.17, 15) is 14.7 Å². The van der Waals surface area contributed by atoms with Crippen molar-refractivity contribution in [3.63, 3.8) is 0 Å². The summed E-state index contributed by atoms with van der Waals surface area (Å²) in [7, 11) is 0. The Hall–Kier alpha value is -2.72. The number of carbonyl (C=O) groups excluding carboxylic acids is 2. The topological polar surface area (TPSA) is 138 Å². The molecular weight excluding hydrogens is 356 g/mol. The molecule has 10 nitrogen and oxygen atoms in total. The molecule has 2 aromatic heterocycles. The Morgan fingerprint density at radius 1 is 1.44 bits per heavy atom. The summed E-state index contributed by atoms with van der Waals surface area (Å²) in [4.78, 5) is 26.9. The molecule has 3 heterocycles. The van der Waals surface area contributed by atoms with Gasteiger partial charge in [0.05, 0.1) is 5.69 Å². The number of fused-ring (bicyclic) bond motifs is 1. The molecule has 10 heteroatoms. The van der Waals surface area contributed by atoms with Crippen LogP contribution in [0.1, 0.15) is 32.9 Å². The number of aliphatic hydroxyl groups excluding tert-OH is 1. The number of aliphatic hydroxyl groups is 1. The molecule has 2 aromatic rings. The van der Waals surface area contributed by atoms with Gasteiger partial charge in [-0.25, -0.2) is 9.50 Å². The van der Waals surface area contributed by atoms with Crippen LogP contribution in [-0.2, 0) is 29.4 Å². The zero-order chi connectivity index (χ0) is 19.8. The van der Waals surface area contributed by atoms with Gasteiger partial charge in [-0.2, -0.15) is 5.10 Å².